The minimum atomic E-state index is 0.210. The third-order valence-corrected chi connectivity index (χ3v) is 3.63. The molecule has 1 unspecified atom stereocenters. The number of methoxy groups -OCH3 is 1. The molecule has 3 rings (SSSR count). The van der Waals surface area contributed by atoms with Crippen LogP contribution in [0, 0.1) is 0 Å². The van der Waals surface area contributed by atoms with Crippen LogP contribution in [0.4, 0.5) is 5.69 Å². The van der Waals surface area contributed by atoms with Crippen molar-refractivity contribution in [1.82, 2.24) is 4.98 Å². The quantitative estimate of drug-likeness (QED) is 0.767. The molecular weight excluding hydrogens is 260 g/mol. The van der Waals surface area contributed by atoms with E-state index in [-0.39, 0.29) is 6.04 Å². The normalized spacial score (nSPS) is 12.1. The summed E-state index contributed by atoms with van der Waals surface area (Å²) in [6, 6.07) is 18.5. The Morgan fingerprint density at radius 2 is 1.81 bits per heavy atom. The fourth-order valence-electron chi connectivity index (χ4n) is 2.44. The molecule has 0 amide bonds. The number of anilines is 1. The van der Waals surface area contributed by atoms with Crippen LogP contribution in [0.1, 0.15) is 18.5 Å². The van der Waals surface area contributed by atoms with Gasteiger partial charge in [-0.2, -0.15) is 0 Å². The number of ether oxygens (including phenoxy) is 1. The van der Waals surface area contributed by atoms with Crippen LogP contribution in [0.15, 0.2) is 60.8 Å². The monoisotopic (exact) mass is 278 g/mol. The molecule has 0 spiro atoms. The summed E-state index contributed by atoms with van der Waals surface area (Å²) in [7, 11) is 1.68. The molecule has 1 aromatic heterocycles. The maximum absolute atomic E-state index is 5.20. The Labute approximate surface area is 124 Å². The lowest BCUT2D eigenvalue weighted by atomic mass is 10.1. The summed E-state index contributed by atoms with van der Waals surface area (Å²) in [6.07, 6.45) is 1.82. The van der Waals surface area contributed by atoms with E-state index >= 15 is 0 Å². The zero-order valence-corrected chi connectivity index (χ0v) is 12.2. The molecule has 0 bridgehead atoms. The summed E-state index contributed by atoms with van der Waals surface area (Å²) in [5.74, 6) is 0.875. The molecule has 0 fully saturated rings. The summed E-state index contributed by atoms with van der Waals surface area (Å²) < 4.78 is 5.20. The van der Waals surface area contributed by atoms with Crippen LogP contribution in [-0.4, -0.2) is 12.1 Å². The van der Waals surface area contributed by atoms with Gasteiger partial charge in [-0.3, -0.25) is 4.98 Å². The Kier molecular flexibility index (Phi) is 3.73. The topological polar surface area (TPSA) is 34.1 Å². The van der Waals surface area contributed by atoms with Gasteiger partial charge in [0.05, 0.1) is 12.6 Å². The Balaban J connectivity index is 1.87. The standard InChI is InChI=1S/C18H18N2O/c1-13(14-8-10-15(21-2)11-9-14)20-18-7-3-6-17-16(18)5-4-12-19-17/h3-13,20H,1-2H3. The van der Waals surface area contributed by atoms with Gasteiger partial charge in [-0.05, 0) is 48.9 Å². The molecule has 3 aromatic rings. The average Bonchev–Trinajstić information content (AvgIpc) is 2.55. The molecule has 3 heteroatoms. The van der Waals surface area contributed by atoms with Gasteiger partial charge < -0.3 is 10.1 Å². The van der Waals surface area contributed by atoms with E-state index in [4.69, 9.17) is 4.74 Å². The zero-order chi connectivity index (χ0) is 14.7. The third kappa shape index (κ3) is 2.82. The zero-order valence-electron chi connectivity index (χ0n) is 12.2. The average molecular weight is 278 g/mol. The first kappa shape index (κ1) is 13.4. The molecule has 1 heterocycles. The Hall–Kier alpha value is -2.55. The number of fused-ring (bicyclic) bond motifs is 1. The molecule has 0 saturated carbocycles. The highest BCUT2D eigenvalue weighted by Crippen LogP contribution is 2.26. The van der Waals surface area contributed by atoms with Crippen molar-refractivity contribution in [3.05, 3.63) is 66.4 Å². The molecule has 0 aliphatic carbocycles. The summed E-state index contributed by atoms with van der Waals surface area (Å²) >= 11 is 0. The lowest BCUT2D eigenvalue weighted by molar-refractivity contribution is 0.414. The molecule has 1 atom stereocenters. The first-order valence-corrected chi connectivity index (χ1v) is 7.02. The van der Waals surface area contributed by atoms with E-state index in [9.17, 15) is 0 Å². The van der Waals surface area contributed by atoms with E-state index in [0.29, 0.717) is 0 Å². The van der Waals surface area contributed by atoms with Gasteiger partial charge in [0.25, 0.3) is 0 Å². The molecule has 0 radical (unpaired) electrons. The molecule has 0 aliphatic rings. The molecule has 2 aromatic carbocycles. The highest BCUT2D eigenvalue weighted by atomic mass is 16.5. The summed E-state index contributed by atoms with van der Waals surface area (Å²) in [4.78, 5) is 4.39. The van der Waals surface area contributed by atoms with Crippen LogP contribution in [0.2, 0.25) is 0 Å². The van der Waals surface area contributed by atoms with Gasteiger partial charge in [0.1, 0.15) is 5.75 Å². The van der Waals surface area contributed by atoms with Crippen LogP contribution < -0.4 is 10.1 Å². The molecular formula is C18H18N2O. The van der Waals surface area contributed by atoms with Crippen molar-refractivity contribution in [2.45, 2.75) is 13.0 Å². The van der Waals surface area contributed by atoms with Gasteiger partial charge in [-0.1, -0.05) is 18.2 Å². The number of hydrogen-bond acceptors (Lipinski definition) is 3. The van der Waals surface area contributed by atoms with E-state index in [1.165, 1.54) is 5.56 Å². The van der Waals surface area contributed by atoms with Crippen molar-refractivity contribution in [2.75, 3.05) is 12.4 Å². The van der Waals surface area contributed by atoms with E-state index < -0.39 is 0 Å². The fourth-order valence-corrected chi connectivity index (χ4v) is 2.44. The van der Waals surface area contributed by atoms with Crippen LogP contribution in [0.5, 0.6) is 5.75 Å². The molecule has 21 heavy (non-hydrogen) atoms. The number of aromatic nitrogens is 1. The fraction of sp³-hybridized carbons (Fsp3) is 0.167. The van der Waals surface area contributed by atoms with E-state index in [2.05, 4.69) is 41.5 Å². The predicted octanol–water partition coefficient (Wildman–Crippen LogP) is 4.42. The third-order valence-electron chi connectivity index (χ3n) is 3.63. The highest BCUT2D eigenvalue weighted by molar-refractivity contribution is 5.91. The second-order valence-corrected chi connectivity index (χ2v) is 5.01. The van der Waals surface area contributed by atoms with Crippen LogP contribution in [-0.2, 0) is 0 Å². The predicted molar refractivity (Wildman–Crippen MR) is 86.8 cm³/mol. The van der Waals surface area contributed by atoms with Gasteiger partial charge in [0.15, 0.2) is 0 Å². The Morgan fingerprint density at radius 3 is 2.57 bits per heavy atom. The van der Waals surface area contributed by atoms with Crippen LogP contribution in [0.3, 0.4) is 0 Å². The molecule has 3 nitrogen and oxygen atoms in total. The minimum Gasteiger partial charge on any atom is -0.497 e. The molecule has 0 saturated heterocycles. The summed E-state index contributed by atoms with van der Waals surface area (Å²) in [5, 5.41) is 4.70. The molecule has 106 valence electrons. The van der Waals surface area contributed by atoms with E-state index in [1.54, 1.807) is 7.11 Å². The van der Waals surface area contributed by atoms with Crippen molar-refractivity contribution in [2.24, 2.45) is 0 Å². The Bertz CT molecular complexity index is 732. The first-order chi connectivity index (χ1) is 10.3. The minimum absolute atomic E-state index is 0.210. The number of pyridine rings is 1. The van der Waals surface area contributed by atoms with Gasteiger partial charge in [0.2, 0.25) is 0 Å². The van der Waals surface area contributed by atoms with Crippen molar-refractivity contribution >= 4 is 16.6 Å². The van der Waals surface area contributed by atoms with Crippen molar-refractivity contribution < 1.29 is 4.74 Å². The van der Waals surface area contributed by atoms with Crippen LogP contribution >= 0.6 is 0 Å². The number of nitrogens with zero attached hydrogens (tertiary/aromatic N) is 1. The van der Waals surface area contributed by atoms with Crippen LogP contribution in [0.25, 0.3) is 10.9 Å². The van der Waals surface area contributed by atoms with Gasteiger partial charge in [-0.15, -0.1) is 0 Å². The summed E-state index contributed by atoms with van der Waals surface area (Å²) in [6.45, 7) is 2.15. The number of rotatable bonds is 4. The summed E-state index contributed by atoms with van der Waals surface area (Å²) in [5.41, 5.74) is 3.32. The number of nitrogens with one attached hydrogen (secondary N) is 1. The second-order valence-electron chi connectivity index (χ2n) is 5.01. The highest BCUT2D eigenvalue weighted by Gasteiger charge is 2.08. The van der Waals surface area contributed by atoms with Gasteiger partial charge >= 0.3 is 0 Å². The first-order valence-electron chi connectivity index (χ1n) is 7.02. The smallest absolute Gasteiger partial charge is 0.118 e. The molecule has 1 N–H and O–H groups in total. The van der Waals surface area contributed by atoms with Gasteiger partial charge in [-0.25, -0.2) is 0 Å². The lowest BCUT2D eigenvalue weighted by Gasteiger charge is -2.17. The Morgan fingerprint density at radius 1 is 1.00 bits per heavy atom. The van der Waals surface area contributed by atoms with Gasteiger partial charge in [0, 0.05) is 23.3 Å². The van der Waals surface area contributed by atoms with Crippen molar-refractivity contribution in [3.8, 4) is 5.75 Å². The van der Waals surface area contributed by atoms with Crippen molar-refractivity contribution in [3.63, 3.8) is 0 Å². The maximum Gasteiger partial charge on any atom is 0.118 e. The number of hydrogen-bond donors (Lipinski definition) is 1. The molecule has 0 aliphatic heterocycles. The maximum atomic E-state index is 5.20. The second kappa shape index (κ2) is 5.83. The van der Waals surface area contributed by atoms with Crippen molar-refractivity contribution in [1.29, 1.82) is 0 Å². The van der Waals surface area contributed by atoms with E-state index in [1.807, 2.05) is 36.5 Å². The number of benzene rings is 2. The SMILES string of the molecule is COc1ccc(C(C)Nc2cccc3ncccc23)cc1. The largest absolute Gasteiger partial charge is 0.497 e. The lowest BCUT2D eigenvalue weighted by Crippen LogP contribution is -2.06. The van der Waals surface area contributed by atoms with E-state index in [0.717, 1.165) is 22.3 Å².